The topological polar surface area (TPSA) is 66.8 Å². The predicted octanol–water partition coefficient (Wildman–Crippen LogP) is 3.93. The van der Waals surface area contributed by atoms with Crippen molar-refractivity contribution in [1.29, 1.82) is 0 Å². The lowest BCUT2D eigenvalue weighted by molar-refractivity contribution is -0.137. The highest BCUT2D eigenvalue weighted by atomic mass is 32.2. The summed E-state index contributed by atoms with van der Waals surface area (Å²) in [6.07, 6.45) is 4.27. The van der Waals surface area contributed by atoms with Gasteiger partial charge in [-0.2, -0.15) is 0 Å². The summed E-state index contributed by atoms with van der Waals surface area (Å²) in [5, 5.41) is 8.70. The number of unbranched alkanes of at least 4 members (excludes halogenated alkanes) is 1. The third-order valence-electron chi connectivity index (χ3n) is 3.57. The number of thioether (sulfide) groups is 1. The van der Waals surface area contributed by atoms with Crippen LogP contribution in [0.5, 0.6) is 5.75 Å². The Morgan fingerprint density at radius 2 is 2.20 bits per heavy atom. The van der Waals surface area contributed by atoms with Crippen molar-refractivity contribution in [1.82, 2.24) is 4.90 Å². The van der Waals surface area contributed by atoms with Crippen LogP contribution in [0, 0.1) is 0 Å². The lowest BCUT2D eigenvalue weighted by Gasteiger charge is -2.13. The summed E-state index contributed by atoms with van der Waals surface area (Å²) >= 11 is 6.48. The molecule has 1 aromatic rings. The monoisotopic (exact) mass is 379 g/mol. The third kappa shape index (κ3) is 5.86. The van der Waals surface area contributed by atoms with Crippen LogP contribution in [0.1, 0.15) is 38.2 Å². The van der Waals surface area contributed by atoms with Crippen molar-refractivity contribution >= 4 is 46.3 Å². The van der Waals surface area contributed by atoms with Crippen molar-refractivity contribution in [3.05, 3.63) is 34.7 Å². The van der Waals surface area contributed by atoms with Crippen LogP contribution >= 0.6 is 24.0 Å². The van der Waals surface area contributed by atoms with E-state index in [4.69, 9.17) is 22.1 Å². The molecule has 2 rings (SSSR count). The van der Waals surface area contributed by atoms with Gasteiger partial charge in [-0.15, -0.1) is 0 Å². The minimum absolute atomic E-state index is 0.0211. The van der Waals surface area contributed by atoms with Crippen LogP contribution in [-0.2, 0) is 9.59 Å². The minimum atomic E-state index is -0.874. The van der Waals surface area contributed by atoms with Gasteiger partial charge in [0.1, 0.15) is 10.1 Å². The van der Waals surface area contributed by atoms with Gasteiger partial charge >= 0.3 is 5.97 Å². The van der Waals surface area contributed by atoms with Crippen LogP contribution in [-0.4, -0.2) is 39.4 Å². The van der Waals surface area contributed by atoms with Crippen molar-refractivity contribution in [2.75, 3.05) is 13.2 Å². The average molecular weight is 380 g/mol. The van der Waals surface area contributed by atoms with Crippen LogP contribution in [0.25, 0.3) is 6.08 Å². The number of thiocarbonyl (C=S) groups is 1. The molecule has 0 bridgehead atoms. The molecule has 1 aromatic carbocycles. The van der Waals surface area contributed by atoms with E-state index in [2.05, 4.69) is 6.92 Å². The summed E-state index contributed by atoms with van der Waals surface area (Å²) in [7, 11) is 0. The Labute approximate surface area is 157 Å². The van der Waals surface area contributed by atoms with Gasteiger partial charge in [0.15, 0.2) is 0 Å². The number of carboxylic acid groups (broad SMARTS) is 1. The number of carbonyl (C=O) groups is 2. The number of hydrogen-bond donors (Lipinski definition) is 1. The molecule has 7 heteroatoms. The zero-order valence-electron chi connectivity index (χ0n) is 14.1. The molecule has 0 aromatic heterocycles. The largest absolute Gasteiger partial charge is 0.494 e. The van der Waals surface area contributed by atoms with Crippen LogP contribution in [0.4, 0.5) is 0 Å². The maximum absolute atomic E-state index is 12.5. The van der Waals surface area contributed by atoms with Crippen molar-refractivity contribution in [2.24, 2.45) is 0 Å². The van der Waals surface area contributed by atoms with Crippen LogP contribution in [0.3, 0.4) is 0 Å². The zero-order valence-corrected chi connectivity index (χ0v) is 15.7. The molecule has 25 heavy (non-hydrogen) atoms. The fraction of sp³-hybridized carbons (Fsp3) is 0.389. The highest BCUT2D eigenvalue weighted by molar-refractivity contribution is 8.26. The molecule has 0 radical (unpaired) electrons. The second-order valence-electron chi connectivity index (χ2n) is 5.61. The molecule has 0 spiro atoms. The fourth-order valence-electron chi connectivity index (χ4n) is 2.26. The van der Waals surface area contributed by atoms with Crippen molar-refractivity contribution < 1.29 is 19.4 Å². The molecule has 1 N–H and O–H groups in total. The van der Waals surface area contributed by atoms with Gasteiger partial charge in [-0.05, 0) is 36.6 Å². The Bertz CT molecular complexity index is 687. The van der Waals surface area contributed by atoms with Gasteiger partial charge in [0.25, 0.3) is 5.91 Å². The van der Waals surface area contributed by atoms with E-state index in [1.807, 2.05) is 24.3 Å². The second kappa shape index (κ2) is 9.58. The zero-order chi connectivity index (χ0) is 18.2. The first-order valence-electron chi connectivity index (χ1n) is 8.21. The molecular weight excluding hydrogens is 358 g/mol. The van der Waals surface area contributed by atoms with E-state index in [1.165, 1.54) is 16.7 Å². The summed E-state index contributed by atoms with van der Waals surface area (Å²) in [6, 6.07) is 7.58. The quantitative estimate of drug-likeness (QED) is 0.398. The predicted molar refractivity (Wildman–Crippen MR) is 104 cm³/mol. The number of aliphatic carboxylic acids is 1. The standard InChI is InChI=1S/C18H21NO4S2/c1-2-3-10-23-14-7-4-6-13(11-14)12-15-17(22)19(18(24)25-15)9-5-8-16(20)21/h4,6-7,11-12H,2-3,5,8-10H2,1H3,(H,20,21). The number of nitrogens with zero attached hydrogens (tertiary/aromatic N) is 1. The molecule has 0 saturated carbocycles. The molecule has 0 atom stereocenters. The fourth-order valence-corrected chi connectivity index (χ4v) is 3.57. The number of carboxylic acids is 1. The molecule has 1 amide bonds. The highest BCUT2D eigenvalue weighted by Crippen LogP contribution is 2.33. The van der Waals surface area contributed by atoms with Crippen molar-refractivity contribution in [3.8, 4) is 5.75 Å². The second-order valence-corrected chi connectivity index (χ2v) is 7.28. The number of amides is 1. The van der Waals surface area contributed by atoms with Crippen LogP contribution in [0.15, 0.2) is 29.2 Å². The number of hydrogen-bond acceptors (Lipinski definition) is 5. The first-order valence-corrected chi connectivity index (χ1v) is 9.43. The first kappa shape index (κ1) is 19.5. The van der Waals surface area contributed by atoms with Gasteiger partial charge in [-0.25, -0.2) is 0 Å². The van der Waals surface area contributed by atoms with E-state index in [-0.39, 0.29) is 12.3 Å². The molecule has 0 unspecified atom stereocenters. The number of rotatable bonds is 9. The first-order chi connectivity index (χ1) is 12.0. The van der Waals surface area contributed by atoms with Crippen LogP contribution in [0.2, 0.25) is 0 Å². The summed E-state index contributed by atoms with van der Waals surface area (Å²) in [5.74, 6) is -0.266. The molecule has 134 valence electrons. The Kier molecular flexibility index (Phi) is 7.46. The molecule has 1 fully saturated rings. The molecule has 0 aliphatic carbocycles. The van der Waals surface area contributed by atoms with E-state index in [9.17, 15) is 9.59 Å². The van der Waals surface area contributed by atoms with Gasteiger partial charge in [-0.1, -0.05) is 49.5 Å². The average Bonchev–Trinajstić information content (AvgIpc) is 2.82. The number of ether oxygens (including phenoxy) is 1. The maximum Gasteiger partial charge on any atom is 0.303 e. The maximum atomic E-state index is 12.5. The molecular formula is C18H21NO4S2. The highest BCUT2D eigenvalue weighted by Gasteiger charge is 2.31. The molecule has 1 saturated heterocycles. The molecule has 1 heterocycles. The van der Waals surface area contributed by atoms with E-state index >= 15 is 0 Å². The normalized spacial score (nSPS) is 15.9. The molecule has 1 aliphatic heterocycles. The van der Waals surface area contributed by atoms with Crippen LogP contribution < -0.4 is 4.74 Å². The van der Waals surface area contributed by atoms with Gasteiger partial charge in [0, 0.05) is 13.0 Å². The lowest BCUT2D eigenvalue weighted by Crippen LogP contribution is -2.29. The summed E-state index contributed by atoms with van der Waals surface area (Å²) in [4.78, 5) is 25.1. The number of carbonyl (C=O) groups excluding carboxylic acids is 1. The Morgan fingerprint density at radius 3 is 2.92 bits per heavy atom. The van der Waals surface area contributed by atoms with Crippen molar-refractivity contribution in [2.45, 2.75) is 32.6 Å². The Balaban J connectivity index is 2.03. The molecule has 1 aliphatic rings. The van der Waals surface area contributed by atoms with Gasteiger partial charge in [0.2, 0.25) is 0 Å². The molecule has 5 nitrogen and oxygen atoms in total. The van der Waals surface area contributed by atoms with Gasteiger partial charge in [0.05, 0.1) is 11.5 Å². The SMILES string of the molecule is CCCCOc1cccc(C=C2SC(=S)N(CCCC(=O)O)C2=O)c1. The van der Waals surface area contributed by atoms with Gasteiger partial charge in [-0.3, -0.25) is 14.5 Å². The smallest absolute Gasteiger partial charge is 0.303 e. The van der Waals surface area contributed by atoms with E-state index in [0.29, 0.717) is 28.8 Å². The lowest BCUT2D eigenvalue weighted by atomic mass is 10.2. The van der Waals surface area contributed by atoms with E-state index in [0.717, 1.165) is 24.2 Å². The van der Waals surface area contributed by atoms with E-state index in [1.54, 1.807) is 6.08 Å². The minimum Gasteiger partial charge on any atom is -0.494 e. The summed E-state index contributed by atoms with van der Waals surface area (Å²) in [5.41, 5.74) is 0.875. The summed E-state index contributed by atoms with van der Waals surface area (Å²) < 4.78 is 6.15. The third-order valence-corrected chi connectivity index (χ3v) is 4.95. The summed E-state index contributed by atoms with van der Waals surface area (Å²) in [6.45, 7) is 3.11. The number of benzene rings is 1. The van der Waals surface area contributed by atoms with Crippen molar-refractivity contribution in [3.63, 3.8) is 0 Å². The Hall–Kier alpha value is -1.86. The van der Waals surface area contributed by atoms with Gasteiger partial charge < -0.3 is 9.84 Å². The Morgan fingerprint density at radius 1 is 1.40 bits per heavy atom. The van der Waals surface area contributed by atoms with E-state index < -0.39 is 5.97 Å².